The van der Waals surface area contributed by atoms with Gasteiger partial charge >= 0.3 is 6.36 Å². The van der Waals surface area contributed by atoms with Gasteiger partial charge in [0.2, 0.25) is 0 Å². The zero-order valence-corrected chi connectivity index (χ0v) is 16.6. The molecule has 0 aliphatic carbocycles. The summed E-state index contributed by atoms with van der Waals surface area (Å²) in [6.45, 7) is 0. The lowest BCUT2D eigenvalue weighted by molar-refractivity contribution is -0.274. The molecule has 27 heavy (non-hydrogen) atoms. The number of benzene rings is 2. The quantitative estimate of drug-likeness (QED) is 0.483. The number of rotatable bonds is 3. The minimum absolute atomic E-state index is 0.0887. The number of aromatic hydroxyl groups is 1. The Balaban J connectivity index is 1.92. The molecule has 0 spiro atoms. The molecule has 3 rings (SSSR count). The molecule has 0 unspecified atom stereocenters. The van der Waals surface area contributed by atoms with Gasteiger partial charge in [-0.1, -0.05) is 0 Å². The first kappa shape index (κ1) is 19.6. The maximum Gasteiger partial charge on any atom is 0.573 e. The summed E-state index contributed by atoms with van der Waals surface area (Å²) in [6, 6.07) is 6.39. The van der Waals surface area contributed by atoms with E-state index in [1.165, 1.54) is 36.4 Å². The van der Waals surface area contributed by atoms with E-state index in [-0.39, 0.29) is 15.8 Å². The van der Waals surface area contributed by atoms with Gasteiger partial charge in [-0.2, -0.15) is 0 Å². The van der Waals surface area contributed by atoms with Crippen LogP contribution in [0.25, 0.3) is 11.0 Å². The van der Waals surface area contributed by atoms with E-state index in [9.17, 15) is 23.1 Å². The molecule has 2 aromatic carbocycles. The van der Waals surface area contributed by atoms with Gasteiger partial charge < -0.3 is 19.2 Å². The van der Waals surface area contributed by atoms with Gasteiger partial charge in [0.25, 0.3) is 5.91 Å². The molecule has 1 heterocycles. The maximum atomic E-state index is 12.8. The second kappa shape index (κ2) is 7.08. The maximum absolute atomic E-state index is 12.8. The van der Waals surface area contributed by atoms with Gasteiger partial charge in [-0.05, 0) is 62.2 Å². The Kier molecular flexibility index (Phi) is 5.13. The van der Waals surface area contributed by atoms with Crippen LogP contribution < -0.4 is 9.64 Å². The number of carbonyl (C=O) groups excluding carboxylic acids is 1. The molecule has 0 saturated carbocycles. The lowest BCUT2D eigenvalue weighted by Crippen LogP contribution is -2.26. The fourth-order valence-corrected chi connectivity index (χ4v) is 3.73. The fraction of sp³-hybridized carbons (Fsp3) is 0.118. The van der Waals surface area contributed by atoms with E-state index < -0.39 is 18.0 Å². The number of hydrogen-bond donors (Lipinski definition) is 1. The highest BCUT2D eigenvalue weighted by molar-refractivity contribution is 9.11. The van der Waals surface area contributed by atoms with Gasteiger partial charge in [0.05, 0.1) is 19.9 Å². The Morgan fingerprint density at radius 1 is 1.22 bits per heavy atom. The molecular weight excluding hydrogens is 499 g/mol. The third kappa shape index (κ3) is 3.91. The molecule has 142 valence electrons. The predicted molar refractivity (Wildman–Crippen MR) is 99.1 cm³/mol. The minimum Gasteiger partial charge on any atom is -0.506 e. The Bertz CT molecular complexity index is 1020. The highest BCUT2D eigenvalue weighted by atomic mass is 79.9. The molecule has 5 nitrogen and oxygen atoms in total. The van der Waals surface area contributed by atoms with Crippen molar-refractivity contribution >= 4 is 54.4 Å². The van der Waals surface area contributed by atoms with Crippen LogP contribution in [0.4, 0.5) is 18.9 Å². The number of carbonyl (C=O) groups is 1. The first-order chi connectivity index (χ1) is 12.6. The van der Waals surface area contributed by atoms with Crippen molar-refractivity contribution in [3.05, 3.63) is 51.1 Å². The summed E-state index contributed by atoms with van der Waals surface area (Å²) < 4.78 is 46.6. The fourth-order valence-electron chi connectivity index (χ4n) is 2.44. The van der Waals surface area contributed by atoms with E-state index >= 15 is 0 Å². The Morgan fingerprint density at radius 3 is 2.44 bits per heavy atom. The zero-order valence-electron chi connectivity index (χ0n) is 13.5. The molecule has 1 aromatic heterocycles. The minimum atomic E-state index is -4.79. The van der Waals surface area contributed by atoms with Crippen LogP contribution in [0.15, 0.2) is 50.0 Å². The summed E-state index contributed by atoms with van der Waals surface area (Å²) in [5.74, 6) is -0.951. The summed E-state index contributed by atoms with van der Waals surface area (Å²) in [4.78, 5) is 14.1. The van der Waals surface area contributed by atoms with Crippen LogP contribution in [-0.4, -0.2) is 24.4 Å². The lowest BCUT2D eigenvalue weighted by Gasteiger charge is -2.17. The summed E-state index contributed by atoms with van der Waals surface area (Å²) in [5.41, 5.74) is 0.899. The number of phenolic OH excluding ortho intramolecular Hbond substituents is 1. The molecule has 10 heteroatoms. The number of halogens is 5. The van der Waals surface area contributed by atoms with Crippen LogP contribution in [0.3, 0.4) is 0 Å². The molecule has 0 saturated heterocycles. The average molecular weight is 509 g/mol. The average Bonchev–Trinajstić information content (AvgIpc) is 3.01. The largest absolute Gasteiger partial charge is 0.573 e. The van der Waals surface area contributed by atoms with E-state index in [4.69, 9.17) is 4.42 Å². The van der Waals surface area contributed by atoms with Gasteiger partial charge in [0.15, 0.2) is 0 Å². The van der Waals surface area contributed by atoms with Crippen LogP contribution in [0.5, 0.6) is 11.5 Å². The Morgan fingerprint density at radius 2 is 1.85 bits per heavy atom. The van der Waals surface area contributed by atoms with Crippen LogP contribution in [0.2, 0.25) is 0 Å². The number of alkyl halides is 3. The van der Waals surface area contributed by atoms with Gasteiger partial charge in [-0.25, -0.2) is 0 Å². The van der Waals surface area contributed by atoms with Crippen molar-refractivity contribution < 1.29 is 32.2 Å². The zero-order chi connectivity index (χ0) is 19.9. The predicted octanol–water partition coefficient (Wildman–Crippen LogP) is 5.84. The second-order valence-electron chi connectivity index (χ2n) is 5.45. The number of furan rings is 1. The van der Waals surface area contributed by atoms with Crippen molar-refractivity contribution in [3.8, 4) is 11.5 Å². The van der Waals surface area contributed by atoms with Crippen molar-refractivity contribution in [2.45, 2.75) is 6.36 Å². The van der Waals surface area contributed by atoms with Crippen molar-refractivity contribution in [2.24, 2.45) is 0 Å². The van der Waals surface area contributed by atoms with Crippen molar-refractivity contribution in [1.29, 1.82) is 0 Å². The summed E-state index contributed by atoms with van der Waals surface area (Å²) in [5, 5.41) is 10.4. The highest BCUT2D eigenvalue weighted by Gasteiger charge is 2.31. The number of fused-ring (bicyclic) bond motifs is 1. The molecule has 1 N–H and O–H groups in total. The first-order valence-corrected chi connectivity index (χ1v) is 8.89. The molecule has 0 radical (unpaired) electrons. The van der Waals surface area contributed by atoms with Gasteiger partial charge in [0, 0.05) is 12.7 Å². The lowest BCUT2D eigenvalue weighted by atomic mass is 10.1. The Labute approximate surface area is 167 Å². The molecule has 0 aliphatic rings. The van der Waals surface area contributed by atoms with E-state index in [0.29, 0.717) is 21.1 Å². The Hall–Kier alpha value is -2.20. The van der Waals surface area contributed by atoms with Crippen molar-refractivity contribution in [3.63, 3.8) is 0 Å². The molecule has 0 fully saturated rings. The number of amides is 1. The SMILES string of the molecule is CN(C(=O)c1coc2cc(Br)c(O)c(Br)c12)c1ccc(OC(F)(F)F)cc1. The first-order valence-electron chi connectivity index (χ1n) is 7.30. The molecule has 1 amide bonds. The van der Waals surface area contributed by atoms with Crippen LogP contribution in [-0.2, 0) is 0 Å². The third-order valence-electron chi connectivity index (χ3n) is 3.72. The number of hydrogen-bond acceptors (Lipinski definition) is 4. The summed E-state index contributed by atoms with van der Waals surface area (Å²) in [6.07, 6.45) is -3.54. The summed E-state index contributed by atoms with van der Waals surface area (Å²) >= 11 is 6.42. The number of ether oxygens (including phenoxy) is 1. The van der Waals surface area contributed by atoms with Crippen LogP contribution in [0, 0.1) is 0 Å². The second-order valence-corrected chi connectivity index (χ2v) is 7.10. The van der Waals surface area contributed by atoms with Crippen LogP contribution >= 0.6 is 31.9 Å². The monoisotopic (exact) mass is 507 g/mol. The molecule has 0 bridgehead atoms. The third-order valence-corrected chi connectivity index (χ3v) is 5.10. The topological polar surface area (TPSA) is 62.9 Å². The normalized spacial score (nSPS) is 11.6. The van der Waals surface area contributed by atoms with Crippen molar-refractivity contribution in [2.75, 3.05) is 11.9 Å². The van der Waals surface area contributed by atoms with E-state index in [0.717, 1.165) is 12.1 Å². The smallest absolute Gasteiger partial charge is 0.506 e. The van der Waals surface area contributed by atoms with Gasteiger partial charge in [-0.3, -0.25) is 4.79 Å². The molecular formula is C17H10Br2F3NO4. The molecule has 0 aliphatic heterocycles. The molecule has 3 aromatic rings. The summed E-state index contributed by atoms with van der Waals surface area (Å²) in [7, 11) is 1.47. The van der Waals surface area contributed by atoms with E-state index in [2.05, 4.69) is 36.6 Å². The van der Waals surface area contributed by atoms with Gasteiger partial charge in [0.1, 0.15) is 23.3 Å². The van der Waals surface area contributed by atoms with E-state index in [1.807, 2.05) is 0 Å². The van der Waals surface area contributed by atoms with Crippen molar-refractivity contribution in [1.82, 2.24) is 0 Å². The number of nitrogens with zero attached hydrogens (tertiary/aromatic N) is 1. The van der Waals surface area contributed by atoms with E-state index in [1.54, 1.807) is 0 Å². The number of anilines is 1. The highest BCUT2D eigenvalue weighted by Crippen LogP contribution is 2.41. The van der Waals surface area contributed by atoms with Gasteiger partial charge in [-0.15, -0.1) is 13.2 Å². The van der Waals surface area contributed by atoms with Crippen LogP contribution in [0.1, 0.15) is 10.4 Å². The number of phenols is 1. The molecule has 0 atom stereocenters. The standard InChI is InChI=1S/C17H10Br2F3NO4/c1-23(8-2-4-9(5-3-8)27-17(20,21)22)16(25)10-7-26-12-6-11(18)15(24)14(19)13(10)12/h2-7,24H,1H3.